The van der Waals surface area contributed by atoms with Gasteiger partial charge in [0.15, 0.2) is 0 Å². The zero-order valence-electron chi connectivity index (χ0n) is 14.3. The molecule has 0 bridgehead atoms. The third-order valence-corrected chi connectivity index (χ3v) is 5.70. The van der Waals surface area contributed by atoms with Gasteiger partial charge in [-0.2, -0.15) is 0 Å². The van der Waals surface area contributed by atoms with Crippen LogP contribution in [-0.2, 0) is 17.6 Å². The zero-order valence-corrected chi connectivity index (χ0v) is 15.1. The SMILES string of the molecule is COC(=O)c1ccc(/C=C/c2nc3sc4c(c3c(=O)o2)CCCC4)cc1. The zero-order chi connectivity index (χ0) is 18.1. The molecule has 3 aromatic rings. The molecule has 5 nitrogen and oxygen atoms in total. The minimum atomic E-state index is -0.375. The van der Waals surface area contributed by atoms with Gasteiger partial charge in [0.25, 0.3) is 0 Å². The smallest absolute Gasteiger partial charge is 0.348 e. The molecule has 2 aromatic heterocycles. The molecule has 1 aromatic carbocycles. The molecule has 0 aliphatic heterocycles. The van der Waals surface area contributed by atoms with Crippen molar-refractivity contribution in [3.05, 3.63) is 62.1 Å². The maximum Gasteiger partial charge on any atom is 0.348 e. The number of aromatic nitrogens is 1. The number of hydrogen-bond acceptors (Lipinski definition) is 6. The summed E-state index contributed by atoms with van der Waals surface area (Å²) in [4.78, 5) is 30.4. The lowest BCUT2D eigenvalue weighted by molar-refractivity contribution is 0.0600. The molecule has 0 amide bonds. The maximum atomic E-state index is 12.4. The summed E-state index contributed by atoms with van der Waals surface area (Å²) in [5.74, 6) is -0.0848. The van der Waals surface area contributed by atoms with Crippen molar-refractivity contribution in [2.45, 2.75) is 25.7 Å². The van der Waals surface area contributed by atoms with E-state index in [9.17, 15) is 9.59 Å². The molecule has 0 unspecified atom stereocenters. The fraction of sp³-hybridized carbons (Fsp3) is 0.250. The average Bonchev–Trinajstić information content (AvgIpc) is 3.05. The van der Waals surface area contributed by atoms with Crippen molar-refractivity contribution in [3.63, 3.8) is 0 Å². The molecule has 26 heavy (non-hydrogen) atoms. The number of hydrogen-bond donors (Lipinski definition) is 0. The van der Waals surface area contributed by atoms with Crippen LogP contribution in [0.25, 0.3) is 22.4 Å². The molecule has 0 saturated heterocycles. The number of rotatable bonds is 3. The van der Waals surface area contributed by atoms with Crippen molar-refractivity contribution in [2.24, 2.45) is 0 Å². The number of nitrogens with zero attached hydrogens (tertiary/aromatic N) is 1. The molecule has 0 N–H and O–H groups in total. The summed E-state index contributed by atoms with van der Waals surface area (Å²) in [5, 5.41) is 0.657. The minimum absolute atomic E-state index is 0.290. The summed E-state index contributed by atoms with van der Waals surface area (Å²) in [6.45, 7) is 0. The van der Waals surface area contributed by atoms with Crippen molar-refractivity contribution < 1.29 is 13.9 Å². The molecule has 6 heteroatoms. The molecule has 1 aliphatic carbocycles. The monoisotopic (exact) mass is 367 g/mol. The molecule has 0 saturated carbocycles. The van der Waals surface area contributed by atoms with Crippen LogP contribution in [0.1, 0.15) is 45.1 Å². The van der Waals surface area contributed by atoms with Crippen LogP contribution in [0.3, 0.4) is 0 Å². The predicted molar refractivity (Wildman–Crippen MR) is 102 cm³/mol. The van der Waals surface area contributed by atoms with Gasteiger partial charge in [-0.05, 0) is 55.0 Å². The third-order valence-electron chi connectivity index (χ3n) is 4.52. The quantitative estimate of drug-likeness (QED) is 0.652. The van der Waals surface area contributed by atoms with Gasteiger partial charge in [0.2, 0.25) is 5.89 Å². The first-order valence-corrected chi connectivity index (χ1v) is 9.29. The normalized spacial score (nSPS) is 13.9. The van der Waals surface area contributed by atoms with Gasteiger partial charge in [-0.3, -0.25) is 0 Å². The lowest BCUT2D eigenvalue weighted by Crippen LogP contribution is -2.06. The Morgan fingerprint density at radius 1 is 1.19 bits per heavy atom. The van der Waals surface area contributed by atoms with E-state index in [0.717, 1.165) is 35.2 Å². The largest absolute Gasteiger partial charge is 0.465 e. The number of ether oxygens (including phenoxy) is 1. The van der Waals surface area contributed by atoms with Crippen LogP contribution in [0.4, 0.5) is 0 Å². The fourth-order valence-corrected chi connectivity index (χ4v) is 4.45. The van der Waals surface area contributed by atoms with Crippen LogP contribution in [0.2, 0.25) is 0 Å². The first-order valence-electron chi connectivity index (χ1n) is 8.47. The molecule has 132 valence electrons. The van der Waals surface area contributed by atoms with Gasteiger partial charge in [0.05, 0.1) is 12.7 Å². The standard InChI is InChI=1S/C20H17NO4S/c1-24-19(22)13-9-6-12(7-10-13)8-11-16-21-18-17(20(23)25-16)14-4-2-3-5-15(14)26-18/h6-11H,2-5H2,1H3/b11-8+. The van der Waals surface area contributed by atoms with E-state index in [1.165, 1.54) is 18.4 Å². The summed E-state index contributed by atoms with van der Waals surface area (Å²) in [6.07, 6.45) is 7.70. The molecule has 0 atom stereocenters. The third kappa shape index (κ3) is 3.08. The van der Waals surface area contributed by atoms with Gasteiger partial charge in [-0.1, -0.05) is 12.1 Å². The Bertz CT molecular complexity index is 1060. The summed E-state index contributed by atoms with van der Waals surface area (Å²) in [6, 6.07) is 6.96. The number of aryl methyl sites for hydroxylation is 2. The van der Waals surface area contributed by atoms with E-state index in [1.54, 1.807) is 47.8 Å². The van der Waals surface area contributed by atoms with E-state index in [0.29, 0.717) is 10.9 Å². The van der Waals surface area contributed by atoms with Crippen LogP contribution in [0.5, 0.6) is 0 Å². The van der Waals surface area contributed by atoms with Crippen molar-refractivity contribution in [1.29, 1.82) is 0 Å². The molecule has 0 radical (unpaired) electrons. The van der Waals surface area contributed by atoms with E-state index >= 15 is 0 Å². The molecular weight excluding hydrogens is 350 g/mol. The number of esters is 1. The summed E-state index contributed by atoms with van der Waals surface area (Å²) in [5.41, 5.74) is 2.18. The first kappa shape index (κ1) is 16.7. The van der Waals surface area contributed by atoms with Crippen LogP contribution in [0.15, 0.2) is 33.5 Å². The van der Waals surface area contributed by atoms with E-state index in [1.807, 2.05) is 0 Å². The number of benzene rings is 1. The lowest BCUT2D eigenvalue weighted by Gasteiger charge is -2.09. The minimum Gasteiger partial charge on any atom is -0.465 e. The van der Waals surface area contributed by atoms with Gasteiger partial charge < -0.3 is 9.15 Å². The topological polar surface area (TPSA) is 69.4 Å². The second-order valence-corrected chi connectivity index (χ2v) is 7.26. The van der Waals surface area contributed by atoms with Gasteiger partial charge in [0, 0.05) is 11.0 Å². The predicted octanol–water partition coefficient (Wildman–Crippen LogP) is 4.09. The Morgan fingerprint density at radius 2 is 1.96 bits per heavy atom. The number of thiophene rings is 1. The number of carbonyl (C=O) groups excluding carboxylic acids is 1. The highest BCUT2D eigenvalue weighted by atomic mass is 32.1. The fourth-order valence-electron chi connectivity index (χ4n) is 3.20. The van der Waals surface area contributed by atoms with E-state index in [2.05, 4.69) is 9.72 Å². The van der Waals surface area contributed by atoms with Crippen molar-refractivity contribution >= 4 is 39.7 Å². The van der Waals surface area contributed by atoms with Crippen LogP contribution >= 0.6 is 11.3 Å². The Hall–Kier alpha value is -2.73. The highest BCUT2D eigenvalue weighted by Gasteiger charge is 2.20. The molecule has 0 fully saturated rings. The molecule has 1 aliphatic rings. The van der Waals surface area contributed by atoms with E-state index < -0.39 is 0 Å². The van der Waals surface area contributed by atoms with Crippen LogP contribution < -0.4 is 5.63 Å². The maximum absolute atomic E-state index is 12.4. The average molecular weight is 367 g/mol. The van der Waals surface area contributed by atoms with Crippen molar-refractivity contribution in [1.82, 2.24) is 4.98 Å². The summed E-state index contributed by atoms with van der Waals surface area (Å²) in [7, 11) is 1.35. The van der Waals surface area contributed by atoms with Crippen LogP contribution in [0, 0.1) is 0 Å². The number of carbonyl (C=O) groups is 1. The Kier molecular flexibility index (Phi) is 4.42. The number of methoxy groups -OCH3 is 1. The van der Waals surface area contributed by atoms with E-state index in [4.69, 9.17) is 4.42 Å². The van der Waals surface area contributed by atoms with Gasteiger partial charge in [0.1, 0.15) is 10.2 Å². The van der Waals surface area contributed by atoms with E-state index in [-0.39, 0.29) is 17.5 Å². The van der Waals surface area contributed by atoms with Gasteiger partial charge >= 0.3 is 11.6 Å². The summed E-state index contributed by atoms with van der Waals surface area (Å²) < 4.78 is 10.1. The lowest BCUT2D eigenvalue weighted by atomic mass is 9.97. The second-order valence-electron chi connectivity index (χ2n) is 6.18. The van der Waals surface area contributed by atoms with Crippen molar-refractivity contribution in [3.8, 4) is 0 Å². The highest BCUT2D eigenvalue weighted by Crippen LogP contribution is 2.33. The Morgan fingerprint density at radius 3 is 2.73 bits per heavy atom. The second kappa shape index (κ2) is 6.88. The van der Waals surface area contributed by atoms with Crippen LogP contribution in [-0.4, -0.2) is 18.1 Å². The van der Waals surface area contributed by atoms with Gasteiger partial charge in [-0.15, -0.1) is 11.3 Å². The Balaban J connectivity index is 1.64. The summed E-state index contributed by atoms with van der Waals surface area (Å²) >= 11 is 1.60. The van der Waals surface area contributed by atoms with Crippen molar-refractivity contribution in [2.75, 3.05) is 7.11 Å². The first-order chi connectivity index (χ1) is 12.7. The number of fused-ring (bicyclic) bond motifs is 3. The molecular formula is C20H17NO4S. The highest BCUT2D eigenvalue weighted by molar-refractivity contribution is 7.18. The molecule has 2 heterocycles. The molecule has 4 rings (SSSR count). The Labute approximate surface area is 153 Å². The van der Waals surface area contributed by atoms with Gasteiger partial charge in [-0.25, -0.2) is 14.6 Å². The molecule has 0 spiro atoms.